The highest BCUT2D eigenvalue weighted by Crippen LogP contribution is 2.33. The Morgan fingerprint density at radius 2 is 1.34 bits per heavy atom. The summed E-state index contributed by atoms with van der Waals surface area (Å²) in [6.07, 6.45) is -9.34. The van der Waals surface area contributed by atoms with E-state index in [0.717, 1.165) is 18.7 Å². The van der Waals surface area contributed by atoms with Crippen molar-refractivity contribution in [2.45, 2.75) is 12.7 Å². The summed E-state index contributed by atoms with van der Waals surface area (Å²) < 4.78 is 78.4. The summed E-state index contributed by atoms with van der Waals surface area (Å²) in [5.41, 5.74) is 6.26. The fourth-order valence-electron chi connectivity index (χ4n) is 3.47. The average molecular weight is 463 g/mol. The topological polar surface area (TPSA) is 76.8 Å². The SMILES string of the molecule is Nc1ccc(OC(F)(F)F)cc1.O=C1C2CNCC2CN1c1ccc(OC(F)(F)F)cc1. The van der Waals surface area contributed by atoms with Crippen molar-refractivity contribution < 1.29 is 40.6 Å². The molecule has 0 spiro atoms. The van der Waals surface area contributed by atoms with Gasteiger partial charge in [0.05, 0.1) is 5.92 Å². The smallest absolute Gasteiger partial charge is 0.406 e. The summed E-state index contributed by atoms with van der Waals surface area (Å²) in [6, 6.07) is 10.4. The van der Waals surface area contributed by atoms with Gasteiger partial charge in [0.2, 0.25) is 5.91 Å². The van der Waals surface area contributed by atoms with Crippen LogP contribution in [0.2, 0.25) is 0 Å². The van der Waals surface area contributed by atoms with Crippen molar-refractivity contribution in [2.24, 2.45) is 11.8 Å². The van der Waals surface area contributed by atoms with Gasteiger partial charge < -0.3 is 25.4 Å². The number of nitrogen functional groups attached to an aromatic ring is 1. The fraction of sp³-hybridized carbons (Fsp3) is 0.350. The molecule has 2 aliphatic rings. The van der Waals surface area contributed by atoms with Gasteiger partial charge >= 0.3 is 12.7 Å². The maximum absolute atomic E-state index is 12.2. The lowest BCUT2D eigenvalue weighted by Crippen LogP contribution is -2.30. The molecule has 12 heteroatoms. The van der Waals surface area contributed by atoms with E-state index >= 15 is 0 Å². The van der Waals surface area contributed by atoms with Crippen LogP contribution in [0, 0.1) is 11.8 Å². The van der Waals surface area contributed by atoms with E-state index in [1.807, 2.05) is 0 Å². The van der Waals surface area contributed by atoms with Gasteiger partial charge in [-0.1, -0.05) is 0 Å². The van der Waals surface area contributed by atoms with Crippen molar-refractivity contribution in [1.82, 2.24) is 5.32 Å². The standard InChI is InChI=1S/C13H13F3N2O2.C7H6F3NO/c14-13(15,16)20-10-3-1-9(2-4-10)18-7-8-5-17-6-11(8)12(18)19;8-7(9,10)12-6-3-1-5(11)2-4-6/h1-4,8,11,17H,5-7H2;1-4H,11H2. The second kappa shape index (κ2) is 9.15. The zero-order chi connectivity index (χ0) is 23.5. The Labute approximate surface area is 178 Å². The summed E-state index contributed by atoms with van der Waals surface area (Å²) in [5, 5.41) is 3.17. The van der Waals surface area contributed by atoms with Crippen LogP contribution in [-0.2, 0) is 4.79 Å². The van der Waals surface area contributed by atoms with Crippen molar-refractivity contribution in [3.8, 4) is 11.5 Å². The van der Waals surface area contributed by atoms with Crippen LogP contribution in [0.5, 0.6) is 11.5 Å². The van der Waals surface area contributed by atoms with E-state index in [9.17, 15) is 31.1 Å². The molecule has 2 aromatic rings. The van der Waals surface area contributed by atoms with Gasteiger partial charge in [0, 0.05) is 36.9 Å². The number of carbonyl (C=O) groups is 1. The highest BCUT2D eigenvalue weighted by molar-refractivity contribution is 5.98. The number of amides is 1. The molecule has 0 saturated carbocycles. The summed E-state index contributed by atoms with van der Waals surface area (Å²) >= 11 is 0. The number of alkyl halides is 6. The Morgan fingerprint density at radius 3 is 1.81 bits per heavy atom. The van der Waals surface area contributed by atoms with Gasteiger partial charge in [0.1, 0.15) is 11.5 Å². The van der Waals surface area contributed by atoms with Crippen LogP contribution < -0.4 is 25.4 Å². The van der Waals surface area contributed by atoms with Crippen molar-refractivity contribution in [3.63, 3.8) is 0 Å². The molecule has 0 aromatic heterocycles. The Morgan fingerprint density at radius 1 is 0.844 bits per heavy atom. The number of nitrogens with zero attached hydrogens (tertiary/aromatic N) is 1. The third-order valence-electron chi connectivity index (χ3n) is 4.84. The van der Waals surface area contributed by atoms with Crippen LogP contribution in [0.3, 0.4) is 0 Å². The normalized spacial score (nSPS) is 20.4. The predicted octanol–water partition coefficient (Wildman–Crippen LogP) is 3.93. The van der Waals surface area contributed by atoms with Crippen molar-refractivity contribution in [1.29, 1.82) is 0 Å². The molecule has 32 heavy (non-hydrogen) atoms. The van der Waals surface area contributed by atoms with Crippen LogP contribution in [0.4, 0.5) is 37.7 Å². The van der Waals surface area contributed by atoms with Gasteiger partial charge in [-0.2, -0.15) is 0 Å². The van der Waals surface area contributed by atoms with Gasteiger partial charge in [-0.05, 0) is 48.5 Å². The number of halogens is 6. The first-order valence-corrected chi connectivity index (χ1v) is 9.40. The van der Waals surface area contributed by atoms with E-state index in [0.29, 0.717) is 24.5 Å². The molecule has 0 aliphatic carbocycles. The third-order valence-corrected chi connectivity index (χ3v) is 4.84. The molecule has 174 valence electrons. The first-order chi connectivity index (χ1) is 14.9. The third kappa shape index (κ3) is 6.42. The largest absolute Gasteiger partial charge is 0.573 e. The van der Waals surface area contributed by atoms with E-state index in [1.54, 1.807) is 4.90 Å². The number of ether oxygens (including phenoxy) is 2. The van der Waals surface area contributed by atoms with E-state index in [4.69, 9.17) is 5.73 Å². The molecule has 2 fully saturated rings. The second-order valence-electron chi connectivity index (χ2n) is 7.13. The molecule has 2 aliphatic heterocycles. The average Bonchev–Trinajstić information content (AvgIpc) is 3.26. The van der Waals surface area contributed by atoms with E-state index in [1.165, 1.54) is 36.4 Å². The molecular formula is C20H19F6N3O3. The first kappa shape index (κ1) is 23.5. The number of rotatable bonds is 3. The molecule has 2 aromatic carbocycles. The number of anilines is 2. The molecule has 0 radical (unpaired) electrons. The number of hydrogen-bond donors (Lipinski definition) is 2. The van der Waals surface area contributed by atoms with Crippen molar-refractivity contribution >= 4 is 17.3 Å². The van der Waals surface area contributed by atoms with E-state index < -0.39 is 12.7 Å². The van der Waals surface area contributed by atoms with E-state index in [2.05, 4.69) is 14.8 Å². The zero-order valence-corrected chi connectivity index (χ0v) is 16.4. The maximum Gasteiger partial charge on any atom is 0.573 e. The first-order valence-electron chi connectivity index (χ1n) is 9.40. The molecule has 0 bridgehead atoms. The highest BCUT2D eigenvalue weighted by Gasteiger charge is 2.43. The number of nitrogens with two attached hydrogens (primary N) is 1. The second-order valence-corrected chi connectivity index (χ2v) is 7.13. The van der Waals surface area contributed by atoms with Crippen molar-refractivity contribution in [3.05, 3.63) is 48.5 Å². The lowest BCUT2D eigenvalue weighted by Gasteiger charge is -2.18. The Balaban J connectivity index is 0.000000207. The van der Waals surface area contributed by atoms with Gasteiger partial charge in [-0.25, -0.2) is 0 Å². The quantitative estimate of drug-likeness (QED) is 0.533. The van der Waals surface area contributed by atoms with Crippen LogP contribution in [0.25, 0.3) is 0 Å². The molecule has 6 nitrogen and oxygen atoms in total. The number of benzene rings is 2. The molecule has 2 unspecified atom stereocenters. The van der Waals surface area contributed by atoms with Crippen LogP contribution >= 0.6 is 0 Å². The number of hydrogen-bond acceptors (Lipinski definition) is 5. The highest BCUT2D eigenvalue weighted by atomic mass is 19.4. The molecule has 2 atom stereocenters. The summed E-state index contributed by atoms with van der Waals surface area (Å²) in [5.74, 6) is -0.245. The van der Waals surface area contributed by atoms with Gasteiger partial charge in [0.15, 0.2) is 0 Å². The maximum atomic E-state index is 12.2. The number of carbonyl (C=O) groups excluding carboxylic acids is 1. The fourth-order valence-corrected chi connectivity index (χ4v) is 3.47. The molecule has 3 N–H and O–H groups in total. The molecule has 4 rings (SSSR count). The number of nitrogens with one attached hydrogen (secondary N) is 1. The molecule has 2 heterocycles. The van der Waals surface area contributed by atoms with Gasteiger partial charge in [0.25, 0.3) is 0 Å². The molecule has 1 amide bonds. The summed E-state index contributed by atoms with van der Waals surface area (Å²) in [6.45, 7) is 2.09. The Kier molecular flexibility index (Phi) is 6.72. The Bertz CT molecular complexity index is 916. The lowest BCUT2D eigenvalue weighted by molar-refractivity contribution is -0.275. The minimum Gasteiger partial charge on any atom is -0.406 e. The number of fused-ring (bicyclic) bond motifs is 1. The van der Waals surface area contributed by atoms with Crippen molar-refractivity contribution in [2.75, 3.05) is 30.3 Å². The van der Waals surface area contributed by atoms with Crippen LogP contribution in [0.1, 0.15) is 0 Å². The Hall–Kier alpha value is -3.15. The minimum absolute atomic E-state index is 0.0129. The van der Waals surface area contributed by atoms with E-state index in [-0.39, 0.29) is 29.2 Å². The predicted molar refractivity (Wildman–Crippen MR) is 103 cm³/mol. The zero-order valence-electron chi connectivity index (χ0n) is 16.4. The summed E-state index contributed by atoms with van der Waals surface area (Å²) in [4.78, 5) is 13.8. The summed E-state index contributed by atoms with van der Waals surface area (Å²) in [7, 11) is 0. The van der Waals surface area contributed by atoms with Gasteiger partial charge in [-0.3, -0.25) is 4.79 Å². The van der Waals surface area contributed by atoms with Crippen LogP contribution in [-0.4, -0.2) is 38.3 Å². The molecular weight excluding hydrogens is 444 g/mol. The lowest BCUT2D eigenvalue weighted by atomic mass is 10.0. The monoisotopic (exact) mass is 463 g/mol. The van der Waals surface area contributed by atoms with Gasteiger partial charge in [-0.15, -0.1) is 26.3 Å². The molecule has 2 saturated heterocycles. The van der Waals surface area contributed by atoms with Crippen LogP contribution in [0.15, 0.2) is 48.5 Å². The minimum atomic E-state index is -4.70.